The van der Waals surface area contributed by atoms with Crippen molar-refractivity contribution in [2.45, 2.75) is 4.90 Å². The maximum Gasteiger partial charge on any atom is 0.294 e. The summed E-state index contributed by atoms with van der Waals surface area (Å²) in [7, 11) is -4.08. The second-order valence-corrected chi connectivity index (χ2v) is 3.47. The third kappa shape index (κ3) is 2.03. The largest absolute Gasteiger partial charge is 0.294 e. The highest BCUT2D eigenvalue weighted by Gasteiger charge is 2.06. The third-order valence-corrected chi connectivity index (χ3v) is 2.05. The van der Waals surface area contributed by atoms with E-state index in [0.717, 1.165) is 0 Å². The van der Waals surface area contributed by atoms with Crippen molar-refractivity contribution in [1.82, 2.24) is 0 Å². The van der Waals surface area contributed by atoms with Gasteiger partial charge >= 0.3 is 0 Å². The molecule has 0 saturated carbocycles. The van der Waals surface area contributed by atoms with Gasteiger partial charge in [0.05, 0.1) is 4.90 Å². The summed E-state index contributed by atoms with van der Waals surface area (Å²) in [5.74, 6) is 0. The molecule has 0 bridgehead atoms. The fraction of sp³-hybridized carbons (Fsp3) is 0. The average molecular weight is 170 g/mol. The molecule has 11 heavy (non-hydrogen) atoms. The average Bonchev–Trinajstić information content (AvgIpc) is 1.86. The maximum atomic E-state index is 10.5. The van der Waals surface area contributed by atoms with Gasteiger partial charge in [-0.2, -0.15) is 8.42 Å². The van der Waals surface area contributed by atoms with E-state index in [-0.39, 0.29) is 4.90 Å². The van der Waals surface area contributed by atoms with Crippen LogP contribution in [0.2, 0.25) is 0 Å². The molecule has 0 aliphatic carbocycles. The molecule has 58 valence electrons. The number of benzene rings is 1. The van der Waals surface area contributed by atoms with Crippen LogP contribution in [0, 0.1) is 6.92 Å². The van der Waals surface area contributed by atoms with E-state index >= 15 is 0 Å². The highest BCUT2D eigenvalue weighted by molar-refractivity contribution is 7.85. The van der Waals surface area contributed by atoms with Gasteiger partial charge in [-0.1, -0.05) is 12.1 Å². The lowest BCUT2D eigenvalue weighted by Crippen LogP contribution is -1.96. The molecule has 3 nitrogen and oxygen atoms in total. The van der Waals surface area contributed by atoms with Crippen LogP contribution in [0.25, 0.3) is 0 Å². The Morgan fingerprint density at radius 3 is 2.00 bits per heavy atom. The number of hydrogen-bond donors (Lipinski definition) is 1. The topological polar surface area (TPSA) is 54.4 Å². The standard InChI is InChI=1S/C7H6O3S/c1-6-2-4-7(5-3-6)11(8,9)10/h1-5H,(H,8,9,10). The Hall–Kier alpha value is -0.870. The van der Waals surface area contributed by atoms with E-state index in [0.29, 0.717) is 5.56 Å². The number of hydrogen-bond acceptors (Lipinski definition) is 2. The first kappa shape index (κ1) is 8.23. The Labute approximate surface area is 65.4 Å². The molecule has 1 rings (SSSR count). The monoisotopic (exact) mass is 170 g/mol. The van der Waals surface area contributed by atoms with Gasteiger partial charge in [0.15, 0.2) is 0 Å². The van der Waals surface area contributed by atoms with Crippen molar-refractivity contribution in [2.24, 2.45) is 0 Å². The van der Waals surface area contributed by atoms with Gasteiger partial charge in [-0.15, -0.1) is 0 Å². The van der Waals surface area contributed by atoms with Gasteiger partial charge in [-0.3, -0.25) is 4.55 Å². The second kappa shape index (κ2) is 2.64. The predicted octanol–water partition coefficient (Wildman–Crippen LogP) is 0.992. The zero-order valence-electron chi connectivity index (χ0n) is 5.56. The van der Waals surface area contributed by atoms with Gasteiger partial charge < -0.3 is 0 Å². The molecule has 0 fully saturated rings. The normalized spacial score (nSPS) is 11.5. The summed E-state index contributed by atoms with van der Waals surface area (Å²) < 4.78 is 29.4. The Bertz CT molecular complexity index is 336. The second-order valence-electron chi connectivity index (χ2n) is 2.04. The first-order valence-corrected chi connectivity index (χ1v) is 4.27. The lowest BCUT2D eigenvalue weighted by atomic mass is 10.2. The summed E-state index contributed by atoms with van der Waals surface area (Å²) >= 11 is 0. The van der Waals surface area contributed by atoms with Gasteiger partial charge in [-0.05, 0) is 24.6 Å². The Morgan fingerprint density at radius 1 is 1.18 bits per heavy atom. The van der Waals surface area contributed by atoms with Crippen LogP contribution < -0.4 is 0 Å². The highest BCUT2D eigenvalue weighted by Crippen LogP contribution is 2.08. The number of rotatable bonds is 1. The van der Waals surface area contributed by atoms with Crippen LogP contribution in [0.1, 0.15) is 5.56 Å². The quantitative estimate of drug-likeness (QED) is 0.639. The zero-order valence-corrected chi connectivity index (χ0v) is 6.38. The summed E-state index contributed by atoms with van der Waals surface area (Å²) in [6, 6.07) is 5.29. The molecule has 1 aromatic carbocycles. The first-order valence-electron chi connectivity index (χ1n) is 2.83. The molecule has 0 amide bonds. The van der Waals surface area contributed by atoms with Crippen LogP contribution in [-0.4, -0.2) is 13.0 Å². The van der Waals surface area contributed by atoms with Crippen molar-refractivity contribution in [3.8, 4) is 0 Å². The van der Waals surface area contributed by atoms with E-state index in [1.807, 2.05) is 0 Å². The summed E-state index contributed by atoms with van der Waals surface area (Å²) in [4.78, 5) is -0.147. The van der Waals surface area contributed by atoms with E-state index in [1.54, 1.807) is 0 Å². The fourth-order valence-electron chi connectivity index (χ4n) is 0.640. The van der Waals surface area contributed by atoms with Crippen molar-refractivity contribution >= 4 is 10.1 Å². The van der Waals surface area contributed by atoms with E-state index in [4.69, 9.17) is 11.5 Å². The minimum Gasteiger partial charge on any atom is -0.282 e. The van der Waals surface area contributed by atoms with E-state index in [9.17, 15) is 8.42 Å². The van der Waals surface area contributed by atoms with Gasteiger partial charge in [0.1, 0.15) is 0 Å². The molecule has 4 heteroatoms. The van der Waals surface area contributed by atoms with Crippen molar-refractivity contribution in [3.05, 3.63) is 36.8 Å². The van der Waals surface area contributed by atoms with Crippen LogP contribution in [-0.2, 0) is 10.1 Å². The smallest absolute Gasteiger partial charge is 0.282 e. The van der Waals surface area contributed by atoms with Crippen molar-refractivity contribution < 1.29 is 13.0 Å². The molecule has 0 aliphatic heterocycles. The Kier molecular flexibility index (Phi) is 1.97. The zero-order chi connectivity index (χ0) is 8.48. The van der Waals surface area contributed by atoms with Crippen LogP contribution in [0.5, 0.6) is 0 Å². The fourth-order valence-corrected chi connectivity index (χ4v) is 1.12. The van der Waals surface area contributed by atoms with Crippen molar-refractivity contribution in [3.63, 3.8) is 0 Å². The molecule has 0 saturated heterocycles. The molecular formula is C7H6O3S. The van der Waals surface area contributed by atoms with Crippen LogP contribution >= 0.6 is 0 Å². The highest BCUT2D eigenvalue weighted by atomic mass is 32.2. The lowest BCUT2D eigenvalue weighted by Gasteiger charge is -1.95. The predicted molar refractivity (Wildman–Crippen MR) is 39.7 cm³/mol. The van der Waals surface area contributed by atoms with E-state index in [1.165, 1.54) is 24.3 Å². The minimum absolute atomic E-state index is 0.147. The van der Waals surface area contributed by atoms with Gasteiger partial charge in [0.2, 0.25) is 0 Å². The summed E-state index contributed by atoms with van der Waals surface area (Å²) in [6.45, 7) is 5.29. The Balaban J connectivity index is 3.20. The molecule has 1 N–H and O–H groups in total. The Morgan fingerprint density at radius 2 is 1.64 bits per heavy atom. The molecule has 0 heterocycles. The minimum atomic E-state index is -4.08. The molecule has 0 atom stereocenters. The van der Waals surface area contributed by atoms with Gasteiger partial charge in [0.25, 0.3) is 10.1 Å². The van der Waals surface area contributed by atoms with E-state index in [2.05, 4.69) is 0 Å². The molecule has 1 aromatic rings. The summed E-state index contributed by atoms with van der Waals surface area (Å²) in [6.07, 6.45) is 0. The molecule has 0 aliphatic rings. The summed E-state index contributed by atoms with van der Waals surface area (Å²) in [5, 5.41) is 0. The molecule has 0 spiro atoms. The van der Waals surface area contributed by atoms with Crippen LogP contribution in [0.3, 0.4) is 0 Å². The molecule has 0 aromatic heterocycles. The van der Waals surface area contributed by atoms with Crippen LogP contribution in [0.15, 0.2) is 29.2 Å². The summed E-state index contributed by atoms with van der Waals surface area (Å²) in [5.41, 5.74) is 0.456. The van der Waals surface area contributed by atoms with Crippen LogP contribution in [0.4, 0.5) is 0 Å². The molecule has 0 unspecified atom stereocenters. The van der Waals surface area contributed by atoms with Crippen molar-refractivity contribution in [2.75, 3.05) is 0 Å². The molecule has 2 radical (unpaired) electrons. The third-order valence-electron chi connectivity index (χ3n) is 1.18. The first-order chi connectivity index (χ1) is 5.00. The molecular weight excluding hydrogens is 164 g/mol. The van der Waals surface area contributed by atoms with Gasteiger partial charge in [0, 0.05) is 0 Å². The lowest BCUT2D eigenvalue weighted by molar-refractivity contribution is 0.483. The SMILES string of the molecule is [CH]c1ccc(S(=O)(=O)O)cc1. The maximum absolute atomic E-state index is 10.5. The van der Waals surface area contributed by atoms with Crippen molar-refractivity contribution in [1.29, 1.82) is 0 Å². The van der Waals surface area contributed by atoms with E-state index < -0.39 is 10.1 Å². The van der Waals surface area contributed by atoms with Gasteiger partial charge in [-0.25, -0.2) is 0 Å².